The highest BCUT2D eigenvalue weighted by Gasteiger charge is 2.28. The second kappa shape index (κ2) is 7.37. The molecule has 2 rings (SSSR count). The van der Waals surface area contributed by atoms with Crippen molar-refractivity contribution in [3.05, 3.63) is 29.3 Å². The van der Waals surface area contributed by atoms with Crippen molar-refractivity contribution in [3.63, 3.8) is 0 Å². The molecule has 21 heavy (non-hydrogen) atoms. The fourth-order valence-electron chi connectivity index (χ4n) is 2.63. The van der Waals surface area contributed by atoms with Crippen molar-refractivity contribution in [1.29, 1.82) is 0 Å². The molecule has 0 bridgehead atoms. The second-order valence-electron chi connectivity index (χ2n) is 5.56. The Bertz CT molecular complexity index is 485. The van der Waals surface area contributed by atoms with Crippen LogP contribution in [-0.4, -0.2) is 35.4 Å². The Hall–Kier alpha value is -0.930. The van der Waals surface area contributed by atoms with Crippen molar-refractivity contribution < 1.29 is 9.53 Å². The lowest BCUT2D eigenvalue weighted by atomic mass is 9.94. The van der Waals surface area contributed by atoms with Crippen LogP contribution in [0.4, 0.5) is 0 Å². The third-order valence-electron chi connectivity index (χ3n) is 3.96. The van der Waals surface area contributed by atoms with E-state index in [0.717, 1.165) is 25.9 Å². The fraction of sp³-hybridized carbons (Fsp3) is 0.562. The Balaban J connectivity index is 1.88. The van der Waals surface area contributed by atoms with Gasteiger partial charge in [-0.25, -0.2) is 0 Å². The normalized spacial score (nSPS) is 19.1. The maximum absolute atomic E-state index is 12.4. The van der Waals surface area contributed by atoms with Crippen molar-refractivity contribution in [1.82, 2.24) is 4.90 Å². The maximum atomic E-state index is 12.4. The lowest BCUT2D eigenvalue weighted by Crippen LogP contribution is -2.45. The summed E-state index contributed by atoms with van der Waals surface area (Å²) in [5, 5.41) is 0.770. The Morgan fingerprint density at radius 3 is 2.57 bits per heavy atom. The summed E-state index contributed by atoms with van der Waals surface area (Å²) in [5.41, 5.74) is 0. The number of rotatable bonds is 4. The van der Waals surface area contributed by atoms with Gasteiger partial charge in [0.1, 0.15) is 5.75 Å². The molecule has 0 aromatic heterocycles. The highest BCUT2D eigenvalue weighted by atomic mass is 35.5. The van der Waals surface area contributed by atoms with Gasteiger partial charge >= 0.3 is 0 Å². The monoisotopic (exact) mass is 329 g/mol. The van der Waals surface area contributed by atoms with Gasteiger partial charge in [0.05, 0.1) is 0 Å². The van der Waals surface area contributed by atoms with Gasteiger partial charge in [-0.15, -0.1) is 11.6 Å². The molecule has 1 aliphatic heterocycles. The van der Waals surface area contributed by atoms with E-state index >= 15 is 0 Å². The standard InChI is InChI=1S/C16H21Cl2NO2/c1-11(17)13-6-8-19(9-7-13)16(20)12(2)21-15-5-3-4-14(18)10-15/h3-5,10-13H,6-9H2,1-2H3. The summed E-state index contributed by atoms with van der Waals surface area (Å²) >= 11 is 12.0. The van der Waals surface area contributed by atoms with Gasteiger partial charge in [-0.1, -0.05) is 17.7 Å². The molecule has 0 radical (unpaired) electrons. The summed E-state index contributed by atoms with van der Waals surface area (Å²) < 4.78 is 5.68. The number of carbonyl (C=O) groups is 1. The number of hydrogen-bond donors (Lipinski definition) is 0. The number of ether oxygens (including phenoxy) is 1. The third kappa shape index (κ3) is 4.52. The lowest BCUT2D eigenvalue weighted by molar-refractivity contribution is -0.139. The molecule has 0 aliphatic carbocycles. The highest BCUT2D eigenvalue weighted by Crippen LogP contribution is 2.25. The summed E-state index contributed by atoms with van der Waals surface area (Å²) in [7, 11) is 0. The van der Waals surface area contributed by atoms with Gasteiger partial charge in [0.25, 0.3) is 5.91 Å². The first-order valence-electron chi connectivity index (χ1n) is 7.32. The van der Waals surface area contributed by atoms with Crippen molar-refractivity contribution in [2.75, 3.05) is 13.1 Å². The largest absolute Gasteiger partial charge is 0.481 e. The average molecular weight is 330 g/mol. The van der Waals surface area contributed by atoms with Crippen LogP contribution >= 0.6 is 23.2 Å². The van der Waals surface area contributed by atoms with Crippen LogP contribution in [0.15, 0.2) is 24.3 Å². The van der Waals surface area contributed by atoms with E-state index in [9.17, 15) is 4.79 Å². The predicted molar refractivity (Wildman–Crippen MR) is 86.2 cm³/mol. The number of hydrogen-bond acceptors (Lipinski definition) is 2. The van der Waals surface area contributed by atoms with Crippen molar-refractivity contribution in [2.45, 2.75) is 38.2 Å². The van der Waals surface area contributed by atoms with E-state index in [-0.39, 0.29) is 11.3 Å². The van der Waals surface area contributed by atoms with Gasteiger partial charge in [0, 0.05) is 23.5 Å². The summed E-state index contributed by atoms with van der Waals surface area (Å²) in [4.78, 5) is 14.3. The molecule has 3 nitrogen and oxygen atoms in total. The molecule has 1 aromatic rings. The minimum atomic E-state index is -0.506. The first-order chi connectivity index (χ1) is 9.97. The van der Waals surface area contributed by atoms with Crippen molar-refractivity contribution in [2.24, 2.45) is 5.92 Å². The average Bonchev–Trinajstić information content (AvgIpc) is 2.46. The van der Waals surface area contributed by atoms with Crippen LogP contribution in [0.2, 0.25) is 5.02 Å². The van der Waals surface area contributed by atoms with Crippen LogP contribution in [0, 0.1) is 5.92 Å². The number of carbonyl (C=O) groups excluding carboxylic acids is 1. The zero-order chi connectivity index (χ0) is 15.4. The Morgan fingerprint density at radius 1 is 1.33 bits per heavy atom. The van der Waals surface area contributed by atoms with E-state index in [0.29, 0.717) is 16.7 Å². The van der Waals surface area contributed by atoms with E-state index < -0.39 is 6.10 Å². The molecule has 2 unspecified atom stereocenters. The summed E-state index contributed by atoms with van der Waals surface area (Å²) in [5.74, 6) is 1.14. The van der Waals surface area contributed by atoms with Crippen LogP contribution < -0.4 is 4.74 Å². The fourth-order valence-corrected chi connectivity index (χ4v) is 3.06. The summed E-state index contributed by atoms with van der Waals surface area (Å²) in [6, 6.07) is 7.10. The zero-order valence-electron chi connectivity index (χ0n) is 12.4. The molecule has 0 saturated carbocycles. The van der Waals surface area contributed by atoms with E-state index in [4.69, 9.17) is 27.9 Å². The van der Waals surface area contributed by atoms with E-state index in [1.54, 1.807) is 25.1 Å². The Labute approximate surface area is 136 Å². The molecular weight excluding hydrogens is 309 g/mol. The number of nitrogens with zero attached hydrogens (tertiary/aromatic N) is 1. The smallest absolute Gasteiger partial charge is 0.263 e. The molecule has 1 aliphatic rings. The van der Waals surface area contributed by atoms with Crippen molar-refractivity contribution in [3.8, 4) is 5.75 Å². The van der Waals surface area contributed by atoms with Gasteiger partial charge in [-0.2, -0.15) is 0 Å². The predicted octanol–water partition coefficient (Wildman–Crippen LogP) is 3.97. The van der Waals surface area contributed by atoms with Gasteiger partial charge < -0.3 is 9.64 Å². The number of alkyl halides is 1. The summed E-state index contributed by atoms with van der Waals surface area (Å²) in [6.45, 7) is 5.31. The van der Waals surface area contributed by atoms with Crippen LogP contribution in [0.3, 0.4) is 0 Å². The van der Waals surface area contributed by atoms with Crippen LogP contribution in [0.1, 0.15) is 26.7 Å². The van der Waals surface area contributed by atoms with E-state index in [1.165, 1.54) is 0 Å². The molecule has 1 aromatic carbocycles. The highest BCUT2D eigenvalue weighted by molar-refractivity contribution is 6.30. The van der Waals surface area contributed by atoms with E-state index in [2.05, 4.69) is 0 Å². The molecule has 1 heterocycles. The minimum Gasteiger partial charge on any atom is -0.481 e. The maximum Gasteiger partial charge on any atom is 0.263 e. The molecule has 2 atom stereocenters. The van der Waals surface area contributed by atoms with Crippen LogP contribution in [0.5, 0.6) is 5.75 Å². The number of likely N-dealkylation sites (tertiary alicyclic amines) is 1. The lowest BCUT2D eigenvalue weighted by Gasteiger charge is -2.34. The van der Waals surface area contributed by atoms with Gasteiger partial charge in [0.15, 0.2) is 6.10 Å². The number of halogens is 2. The van der Waals surface area contributed by atoms with Crippen LogP contribution in [-0.2, 0) is 4.79 Å². The molecule has 1 fully saturated rings. The number of benzene rings is 1. The molecule has 5 heteroatoms. The van der Waals surface area contributed by atoms with E-state index in [1.807, 2.05) is 17.9 Å². The second-order valence-corrected chi connectivity index (χ2v) is 6.68. The Kier molecular flexibility index (Phi) is 5.77. The summed E-state index contributed by atoms with van der Waals surface area (Å²) in [6.07, 6.45) is 1.41. The van der Waals surface area contributed by atoms with Gasteiger partial charge in [0.2, 0.25) is 0 Å². The SMILES string of the molecule is CC(Oc1cccc(Cl)c1)C(=O)N1CCC(C(C)Cl)CC1. The van der Waals surface area contributed by atoms with Crippen LogP contribution in [0.25, 0.3) is 0 Å². The first kappa shape index (κ1) is 16.4. The molecule has 1 saturated heterocycles. The zero-order valence-corrected chi connectivity index (χ0v) is 13.9. The Morgan fingerprint density at radius 2 is 2.00 bits per heavy atom. The number of amides is 1. The molecular formula is C16H21Cl2NO2. The molecule has 116 valence electrons. The quantitative estimate of drug-likeness (QED) is 0.782. The third-order valence-corrected chi connectivity index (χ3v) is 4.55. The van der Waals surface area contributed by atoms with Gasteiger partial charge in [-0.3, -0.25) is 4.79 Å². The van der Waals surface area contributed by atoms with Crippen molar-refractivity contribution >= 4 is 29.1 Å². The number of piperidine rings is 1. The molecule has 0 N–H and O–H groups in total. The minimum absolute atomic E-state index is 0.0238. The van der Waals surface area contributed by atoms with Gasteiger partial charge in [-0.05, 0) is 50.8 Å². The molecule has 0 spiro atoms. The topological polar surface area (TPSA) is 29.5 Å². The first-order valence-corrected chi connectivity index (χ1v) is 8.14. The molecule has 1 amide bonds.